The minimum absolute atomic E-state index is 0. The standard InChI is InChI=1S/C20H29Cl2N5O.HI/c1-5-23-20(25-14-16-12-17(21)19(22)27(16)4)24-13-15-8-6-7-9-18(15)28-11-10-26(2)3;/h6-9,12H,5,10-11,13-14H2,1-4H3,(H2,23,24,25);1H. The summed E-state index contributed by atoms with van der Waals surface area (Å²) >= 11 is 12.2. The van der Waals surface area contributed by atoms with Gasteiger partial charge in [-0.05, 0) is 33.2 Å². The summed E-state index contributed by atoms with van der Waals surface area (Å²) in [6.07, 6.45) is 0. The summed E-state index contributed by atoms with van der Waals surface area (Å²) in [5.41, 5.74) is 2.02. The van der Waals surface area contributed by atoms with Crippen molar-refractivity contribution < 1.29 is 4.74 Å². The van der Waals surface area contributed by atoms with Gasteiger partial charge in [-0.1, -0.05) is 41.4 Å². The van der Waals surface area contributed by atoms with Crippen LogP contribution in [0.2, 0.25) is 10.2 Å². The van der Waals surface area contributed by atoms with E-state index >= 15 is 0 Å². The van der Waals surface area contributed by atoms with Crippen LogP contribution in [0.3, 0.4) is 0 Å². The van der Waals surface area contributed by atoms with Crippen LogP contribution < -0.4 is 15.4 Å². The fraction of sp³-hybridized carbons (Fsp3) is 0.450. The molecule has 0 saturated heterocycles. The molecule has 0 bridgehead atoms. The van der Waals surface area contributed by atoms with Gasteiger partial charge in [0, 0.05) is 31.4 Å². The van der Waals surface area contributed by atoms with E-state index in [2.05, 4.69) is 15.5 Å². The molecule has 0 spiro atoms. The topological polar surface area (TPSA) is 53.8 Å². The number of guanidine groups is 1. The summed E-state index contributed by atoms with van der Waals surface area (Å²) in [5, 5.41) is 7.66. The largest absolute Gasteiger partial charge is 0.492 e. The van der Waals surface area contributed by atoms with Crippen molar-refractivity contribution in [2.75, 3.05) is 33.8 Å². The molecule has 0 aliphatic carbocycles. The second-order valence-corrected chi connectivity index (χ2v) is 7.41. The van der Waals surface area contributed by atoms with Crippen molar-refractivity contribution in [2.24, 2.45) is 12.0 Å². The van der Waals surface area contributed by atoms with Gasteiger partial charge in [-0.2, -0.15) is 0 Å². The smallest absolute Gasteiger partial charge is 0.191 e. The molecule has 0 aliphatic heterocycles. The van der Waals surface area contributed by atoms with Gasteiger partial charge in [0.15, 0.2) is 5.96 Å². The monoisotopic (exact) mass is 553 g/mol. The maximum atomic E-state index is 6.14. The van der Waals surface area contributed by atoms with Gasteiger partial charge in [0.2, 0.25) is 0 Å². The highest BCUT2D eigenvalue weighted by atomic mass is 127. The number of aliphatic imine (C=N–C) groups is 1. The van der Waals surface area contributed by atoms with Crippen molar-refractivity contribution in [3.05, 3.63) is 51.8 Å². The molecule has 1 heterocycles. The van der Waals surface area contributed by atoms with E-state index in [1.165, 1.54) is 0 Å². The van der Waals surface area contributed by atoms with Crippen LogP contribution in [0.5, 0.6) is 5.75 Å². The maximum Gasteiger partial charge on any atom is 0.191 e. The molecule has 0 atom stereocenters. The molecular formula is C20H30Cl2IN5O. The molecule has 0 saturated carbocycles. The average molecular weight is 554 g/mol. The van der Waals surface area contributed by atoms with Gasteiger partial charge in [-0.3, -0.25) is 0 Å². The highest BCUT2D eigenvalue weighted by molar-refractivity contribution is 14.0. The molecule has 0 radical (unpaired) electrons. The lowest BCUT2D eigenvalue weighted by Crippen LogP contribution is -2.37. The van der Waals surface area contributed by atoms with E-state index in [1.807, 2.05) is 63.0 Å². The summed E-state index contributed by atoms with van der Waals surface area (Å²) in [4.78, 5) is 6.78. The number of nitrogens with one attached hydrogen (secondary N) is 2. The normalized spacial score (nSPS) is 11.3. The first-order chi connectivity index (χ1) is 13.4. The SMILES string of the molecule is CCNC(=NCc1ccccc1OCCN(C)C)NCc1cc(Cl)c(Cl)n1C.I. The molecule has 162 valence electrons. The van der Waals surface area contributed by atoms with Gasteiger partial charge in [-0.15, -0.1) is 24.0 Å². The van der Waals surface area contributed by atoms with Crippen LogP contribution >= 0.6 is 47.2 Å². The van der Waals surface area contributed by atoms with E-state index in [9.17, 15) is 0 Å². The Balaban J connectivity index is 0.00000420. The zero-order chi connectivity index (χ0) is 20.5. The van der Waals surface area contributed by atoms with Crippen LogP contribution in [-0.4, -0.2) is 49.2 Å². The number of benzene rings is 1. The van der Waals surface area contributed by atoms with Crippen LogP contribution in [0.15, 0.2) is 35.3 Å². The maximum absolute atomic E-state index is 6.14. The number of likely N-dealkylation sites (N-methyl/N-ethyl adjacent to an activating group) is 1. The first-order valence-electron chi connectivity index (χ1n) is 9.29. The van der Waals surface area contributed by atoms with Gasteiger partial charge in [0.1, 0.15) is 17.5 Å². The zero-order valence-electron chi connectivity index (χ0n) is 17.3. The number of nitrogens with zero attached hydrogens (tertiary/aromatic N) is 3. The average Bonchev–Trinajstić information content (AvgIpc) is 2.91. The molecule has 29 heavy (non-hydrogen) atoms. The van der Waals surface area contributed by atoms with Crippen LogP contribution in [0.25, 0.3) is 0 Å². The van der Waals surface area contributed by atoms with Gasteiger partial charge in [-0.25, -0.2) is 4.99 Å². The molecule has 1 aromatic heterocycles. The fourth-order valence-electron chi connectivity index (χ4n) is 2.55. The minimum atomic E-state index is 0. The summed E-state index contributed by atoms with van der Waals surface area (Å²) in [6.45, 7) is 5.38. The number of ether oxygens (including phenoxy) is 1. The summed E-state index contributed by atoms with van der Waals surface area (Å²) in [6, 6.07) is 9.85. The summed E-state index contributed by atoms with van der Waals surface area (Å²) < 4.78 is 7.77. The predicted octanol–water partition coefficient (Wildman–Crippen LogP) is 4.15. The molecule has 6 nitrogen and oxygen atoms in total. The number of hydrogen-bond acceptors (Lipinski definition) is 3. The van der Waals surface area contributed by atoms with Crippen molar-refractivity contribution in [2.45, 2.75) is 20.0 Å². The Morgan fingerprint density at radius 1 is 1.21 bits per heavy atom. The van der Waals surface area contributed by atoms with Crippen molar-refractivity contribution in [3.8, 4) is 5.75 Å². The van der Waals surface area contributed by atoms with Crippen LogP contribution in [0, 0.1) is 0 Å². The Bertz CT molecular complexity index is 795. The first kappa shape index (κ1) is 25.9. The van der Waals surface area contributed by atoms with E-state index in [-0.39, 0.29) is 24.0 Å². The molecule has 2 N–H and O–H groups in total. The number of para-hydroxylation sites is 1. The fourth-order valence-corrected chi connectivity index (χ4v) is 2.97. The van der Waals surface area contributed by atoms with E-state index in [0.29, 0.717) is 29.9 Å². The number of rotatable bonds is 9. The summed E-state index contributed by atoms with van der Waals surface area (Å²) in [7, 11) is 5.94. The Hall–Kier alpha value is -1.16. The minimum Gasteiger partial charge on any atom is -0.492 e. The quantitative estimate of drug-likeness (QED) is 0.278. The molecule has 0 aliphatic rings. The first-order valence-corrected chi connectivity index (χ1v) is 10.0. The lowest BCUT2D eigenvalue weighted by atomic mass is 10.2. The third-order valence-electron chi connectivity index (χ3n) is 4.17. The molecule has 1 aromatic carbocycles. The number of halogens is 3. The van der Waals surface area contributed by atoms with Gasteiger partial charge in [0.05, 0.1) is 18.1 Å². The summed E-state index contributed by atoms with van der Waals surface area (Å²) in [5.74, 6) is 1.59. The van der Waals surface area contributed by atoms with Crippen molar-refractivity contribution in [3.63, 3.8) is 0 Å². The number of hydrogen-bond donors (Lipinski definition) is 2. The van der Waals surface area contributed by atoms with E-state index in [4.69, 9.17) is 32.9 Å². The molecule has 2 rings (SSSR count). The molecule has 0 unspecified atom stereocenters. The highest BCUT2D eigenvalue weighted by Crippen LogP contribution is 2.25. The van der Waals surface area contributed by atoms with Crippen LogP contribution in [0.4, 0.5) is 0 Å². The van der Waals surface area contributed by atoms with Gasteiger partial charge in [0.25, 0.3) is 0 Å². The predicted molar refractivity (Wildman–Crippen MR) is 133 cm³/mol. The third-order valence-corrected chi connectivity index (χ3v) is 5.02. The Kier molecular flexibility index (Phi) is 11.8. The second-order valence-electron chi connectivity index (χ2n) is 6.64. The molecule has 9 heteroatoms. The molecule has 2 aromatic rings. The Morgan fingerprint density at radius 3 is 2.55 bits per heavy atom. The third kappa shape index (κ3) is 8.24. The molecule has 0 amide bonds. The Labute approximate surface area is 200 Å². The van der Waals surface area contributed by atoms with Gasteiger partial charge >= 0.3 is 0 Å². The van der Waals surface area contributed by atoms with Crippen LogP contribution in [0.1, 0.15) is 18.2 Å². The van der Waals surface area contributed by atoms with Crippen molar-refractivity contribution in [1.82, 2.24) is 20.1 Å². The van der Waals surface area contributed by atoms with E-state index < -0.39 is 0 Å². The van der Waals surface area contributed by atoms with E-state index in [1.54, 1.807) is 0 Å². The van der Waals surface area contributed by atoms with Crippen molar-refractivity contribution >= 4 is 53.1 Å². The lowest BCUT2D eigenvalue weighted by Gasteiger charge is -2.14. The molecular weight excluding hydrogens is 524 g/mol. The van der Waals surface area contributed by atoms with Gasteiger partial charge < -0.3 is 24.8 Å². The highest BCUT2D eigenvalue weighted by Gasteiger charge is 2.09. The second kappa shape index (κ2) is 13.2. The van der Waals surface area contributed by atoms with Crippen molar-refractivity contribution in [1.29, 1.82) is 0 Å². The Morgan fingerprint density at radius 2 is 1.93 bits per heavy atom. The van der Waals surface area contributed by atoms with Crippen LogP contribution in [-0.2, 0) is 20.1 Å². The zero-order valence-corrected chi connectivity index (χ0v) is 21.2. The number of aromatic nitrogens is 1. The lowest BCUT2D eigenvalue weighted by molar-refractivity contribution is 0.259. The van der Waals surface area contributed by atoms with E-state index in [0.717, 1.165) is 36.1 Å². The molecule has 0 fully saturated rings.